The number of hydrogen-bond donors (Lipinski definition) is 1. The van der Waals surface area contributed by atoms with Gasteiger partial charge in [0, 0.05) is 10.6 Å². The van der Waals surface area contributed by atoms with Crippen molar-refractivity contribution in [2.75, 3.05) is 0 Å². The molecule has 3 rings (SSSR count). The molecule has 1 aromatic heterocycles. The van der Waals surface area contributed by atoms with Gasteiger partial charge in [-0.3, -0.25) is 4.79 Å². The van der Waals surface area contributed by atoms with Gasteiger partial charge in [0.05, 0.1) is 12.0 Å². The summed E-state index contributed by atoms with van der Waals surface area (Å²) >= 11 is 5.83. The molecule has 0 unspecified atom stereocenters. The van der Waals surface area contributed by atoms with Gasteiger partial charge in [-0.1, -0.05) is 11.6 Å². The Balaban J connectivity index is 1.74. The molecule has 23 heavy (non-hydrogen) atoms. The lowest BCUT2D eigenvalue weighted by Crippen LogP contribution is -2.21. The highest BCUT2D eigenvalue weighted by molar-refractivity contribution is 6.30. The zero-order valence-corrected chi connectivity index (χ0v) is 13.3. The molecule has 0 saturated heterocycles. The summed E-state index contributed by atoms with van der Waals surface area (Å²) in [7, 11) is 0. The summed E-state index contributed by atoms with van der Waals surface area (Å²) in [6.45, 7) is 0. The van der Waals surface area contributed by atoms with E-state index in [1.807, 2.05) is 18.2 Å². The molecule has 1 saturated carbocycles. The molecule has 4 nitrogen and oxygen atoms in total. The van der Waals surface area contributed by atoms with Gasteiger partial charge in [-0.25, -0.2) is 5.43 Å². The average molecular weight is 329 g/mol. The Labute approximate surface area is 139 Å². The average Bonchev–Trinajstić information content (AvgIpc) is 3.07. The Morgan fingerprint density at radius 1 is 1.17 bits per heavy atom. The summed E-state index contributed by atoms with van der Waals surface area (Å²) in [5, 5.41) is 4.92. The molecule has 2 aromatic rings. The Morgan fingerprint density at radius 2 is 1.96 bits per heavy atom. The smallest absolute Gasteiger partial charge is 0.271 e. The van der Waals surface area contributed by atoms with Gasteiger partial charge in [-0.2, -0.15) is 5.10 Å². The van der Waals surface area contributed by atoms with E-state index >= 15 is 0 Å². The molecule has 1 heterocycles. The Hall–Kier alpha value is -2.33. The molecule has 0 radical (unpaired) electrons. The maximum absolute atomic E-state index is 12.1. The number of furan rings is 1. The van der Waals surface area contributed by atoms with E-state index < -0.39 is 0 Å². The fourth-order valence-corrected chi connectivity index (χ4v) is 2.65. The minimum atomic E-state index is -0.239. The molecule has 1 amide bonds. The van der Waals surface area contributed by atoms with Crippen LogP contribution < -0.4 is 5.43 Å². The van der Waals surface area contributed by atoms with E-state index in [1.165, 1.54) is 0 Å². The van der Waals surface area contributed by atoms with Crippen LogP contribution in [-0.2, 0) is 0 Å². The van der Waals surface area contributed by atoms with Crippen molar-refractivity contribution in [3.05, 3.63) is 64.6 Å². The van der Waals surface area contributed by atoms with E-state index in [2.05, 4.69) is 10.5 Å². The molecule has 1 N–H and O–H groups in total. The molecule has 5 heteroatoms. The monoisotopic (exact) mass is 328 g/mol. The van der Waals surface area contributed by atoms with Crippen molar-refractivity contribution in [1.82, 2.24) is 5.43 Å². The van der Waals surface area contributed by atoms with Gasteiger partial charge in [0.15, 0.2) is 0 Å². The number of carbonyl (C=O) groups is 1. The van der Waals surface area contributed by atoms with Crippen LogP contribution in [-0.4, -0.2) is 11.6 Å². The first kappa shape index (κ1) is 15.6. The molecule has 1 fully saturated rings. The largest absolute Gasteiger partial charge is 0.465 e. The van der Waals surface area contributed by atoms with Crippen LogP contribution in [0.15, 0.2) is 57.8 Å². The lowest BCUT2D eigenvalue weighted by Gasteiger charge is -2.16. The second kappa shape index (κ2) is 7.29. The molecule has 118 valence electrons. The Kier molecular flexibility index (Phi) is 4.93. The van der Waals surface area contributed by atoms with Crippen molar-refractivity contribution in [2.24, 2.45) is 5.10 Å². The Bertz CT molecular complexity index is 731. The number of allylic oxidation sites excluding steroid dienone is 1. The summed E-state index contributed by atoms with van der Waals surface area (Å²) in [5.74, 6) is 0.565. The summed E-state index contributed by atoms with van der Waals surface area (Å²) in [4.78, 5) is 12.1. The van der Waals surface area contributed by atoms with Crippen molar-refractivity contribution in [1.29, 1.82) is 0 Å². The molecular weight excluding hydrogens is 312 g/mol. The third-order valence-corrected chi connectivity index (χ3v) is 3.99. The van der Waals surface area contributed by atoms with Crippen LogP contribution in [0.5, 0.6) is 0 Å². The number of amides is 1. The van der Waals surface area contributed by atoms with E-state index in [4.69, 9.17) is 16.0 Å². The van der Waals surface area contributed by atoms with Gasteiger partial charge < -0.3 is 4.42 Å². The predicted octanol–water partition coefficient (Wildman–Crippen LogP) is 4.68. The van der Waals surface area contributed by atoms with Crippen LogP contribution in [0.4, 0.5) is 0 Å². The molecular formula is C18H17ClN2O2. The van der Waals surface area contributed by atoms with Crippen LogP contribution in [0.1, 0.15) is 41.8 Å². The van der Waals surface area contributed by atoms with Crippen molar-refractivity contribution in [3.8, 4) is 0 Å². The van der Waals surface area contributed by atoms with Crippen LogP contribution in [0.3, 0.4) is 0 Å². The summed E-state index contributed by atoms with van der Waals surface area (Å²) in [6, 6.07) is 10.5. The molecule has 0 atom stereocenters. The lowest BCUT2D eigenvalue weighted by atomic mass is 9.92. The van der Waals surface area contributed by atoms with Crippen molar-refractivity contribution >= 4 is 29.3 Å². The third kappa shape index (κ3) is 4.11. The highest BCUT2D eigenvalue weighted by Crippen LogP contribution is 2.23. The van der Waals surface area contributed by atoms with Crippen LogP contribution in [0.2, 0.25) is 5.02 Å². The first-order valence-corrected chi connectivity index (χ1v) is 7.97. The number of halogens is 1. The summed E-state index contributed by atoms with van der Waals surface area (Å²) in [5.41, 5.74) is 5.19. The van der Waals surface area contributed by atoms with E-state index in [-0.39, 0.29) is 5.91 Å². The van der Waals surface area contributed by atoms with Gasteiger partial charge in [0.1, 0.15) is 5.76 Å². The topological polar surface area (TPSA) is 54.6 Å². The quantitative estimate of drug-likeness (QED) is 0.832. The van der Waals surface area contributed by atoms with Crippen LogP contribution in [0.25, 0.3) is 6.08 Å². The zero-order chi connectivity index (χ0) is 16.1. The normalized spacial score (nSPS) is 18.3. The van der Waals surface area contributed by atoms with Crippen LogP contribution >= 0.6 is 11.6 Å². The van der Waals surface area contributed by atoms with E-state index in [0.717, 1.165) is 42.7 Å². The first-order chi connectivity index (χ1) is 11.2. The second-order valence-corrected chi connectivity index (χ2v) is 5.83. The Morgan fingerprint density at radius 3 is 2.70 bits per heavy atom. The van der Waals surface area contributed by atoms with Gasteiger partial charge in [0.25, 0.3) is 5.91 Å². The fraction of sp³-hybridized carbons (Fsp3) is 0.222. The first-order valence-electron chi connectivity index (χ1n) is 7.59. The van der Waals surface area contributed by atoms with Crippen LogP contribution in [0, 0.1) is 0 Å². The van der Waals surface area contributed by atoms with E-state index in [9.17, 15) is 4.79 Å². The van der Waals surface area contributed by atoms with Gasteiger partial charge >= 0.3 is 0 Å². The third-order valence-electron chi connectivity index (χ3n) is 3.74. The standard InChI is InChI=1S/C18H17ClN2O2/c19-15-9-7-13(8-10-15)18(22)21-20-17-6-2-1-4-14(17)12-16-5-3-11-23-16/h3,5,7-12H,1-2,4,6H2,(H,21,22). The van der Waals surface area contributed by atoms with Gasteiger partial charge in [0.2, 0.25) is 0 Å². The van der Waals surface area contributed by atoms with Crippen molar-refractivity contribution in [3.63, 3.8) is 0 Å². The number of benzene rings is 1. The number of nitrogens with zero attached hydrogens (tertiary/aromatic N) is 1. The zero-order valence-electron chi connectivity index (χ0n) is 12.6. The van der Waals surface area contributed by atoms with Crippen molar-refractivity contribution < 1.29 is 9.21 Å². The maximum atomic E-state index is 12.1. The van der Waals surface area contributed by atoms with Gasteiger partial charge in [-0.05, 0) is 73.7 Å². The lowest BCUT2D eigenvalue weighted by molar-refractivity contribution is 0.0954. The highest BCUT2D eigenvalue weighted by Gasteiger charge is 2.15. The number of nitrogens with one attached hydrogen (secondary N) is 1. The number of rotatable bonds is 3. The number of carbonyl (C=O) groups excluding carboxylic acids is 1. The molecule has 1 aliphatic carbocycles. The second-order valence-electron chi connectivity index (χ2n) is 5.40. The van der Waals surface area contributed by atoms with Gasteiger partial charge in [-0.15, -0.1) is 0 Å². The molecule has 0 spiro atoms. The predicted molar refractivity (Wildman–Crippen MR) is 91.5 cm³/mol. The maximum Gasteiger partial charge on any atom is 0.271 e. The SMILES string of the molecule is O=C(NN=C1CCCCC1=Cc1ccco1)c1ccc(Cl)cc1. The van der Waals surface area contributed by atoms with Crippen molar-refractivity contribution in [2.45, 2.75) is 25.7 Å². The number of hydrogen-bond acceptors (Lipinski definition) is 3. The molecule has 1 aliphatic rings. The highest BCUT2D eigenvalue weighted by atomic mass is 35.5. The molecule has 0 bridgehead atoms. The minimum Gasteiger partial charge on any atom is -0.465 e. The summed E-state index contributed by atoms with van der Waals surface area (Å²) < 4.78 is 5.36. The number of hydrazone groups is 1. The van der Waals surface area contributed by atoms with E-state index in [1.54, 1.807) is 30.5 Å². The fourth-order valence-electron chi connectivity index (χ4n) is 2.53. The minimum absolute atomic E-state index is 0.239. The summed E-state index contributed by atoms with van der Waals surface area (Å²) in [6.07, 6.45) is 7.63. The molecule has 0 aliphatic heterocycles. The van der Waals surface area contributed by atoms with E-state index in [0.29, 0.717) is 10.6 Å². The molecule has 1 aromatic carbocycles.